The van der Waals surface area contributed by atoms with Crippen molar-refractivity contribution in [2.75, 3.05) is 18.4 Å². The molecule has 2 N–H and O–H groups in total. The van der Waals surface area contributed by atoms with Gasteiger partial charge in [0.1, 0.15) is 5.52 Å². The minimum absolute atomic E-state index is 0. The van der Waals surface area contributed by atoms with E-state index in [9.17, 15) is 9.18 Å². The number of para-hydroxylation sites is 1. The lowest BCUT2D eigenvalue weighted by Gasteiger charge is -2.16. The van der Waals surface area contributed by atoms with Crippen LogP contribution in [-0.4, -0.2) is 38.3 Å². The lowest BCUT2D eigenvalue weighted by atomic mass is 9.90. The van der Waals surface area contributed by atoms with Gasteiger partial charge in [-0.1, -0.05) is 6.07 Å². The van der Waals surface area contributed by atoms with E-state index in [2.05, 4.69) is 20.7 Å². The molecular formula is C17H20ClFN6O. The predicted molar refractivity (Wildman–Crippen MR) is 98.9 cm³/mol. The van der Waals surface area contributed by atoms with Gasteiger partial charge in [0.25, 0.3) is 0 Å². The number of rotatable bonds is 3. The average molecular weight is 379 g/mol. The van der Waals surface area contributed by atoms with Gasteiger partial charge in [0.05, 0.1) is 17.6 Å². The van der Waals surface area contributed by atoms with E-state index >= 15 is 0 Å². The molecule has 9 heteroatoms. The highest BCUT2D eigenvalue weighted by atomic mass is 35.5. The van der Waals surface area contributed by atoms with E-state index in [4.69, 9.17) is 0 Å². The second-order valence-corrected chi connectivity index (χ2v) is 6.41. The molecule has 1 aliphatic rings. The van der Waals surface area contributed by atoms with E-state index in [0.717, 1.165) is 12.1 Å². The van der Waals surface area contributed by atoms with Gasteiger partial charge in [0.15, 0.2) is 5.82 Å². The van der Waals surface area contributed by atoms with Crippen molar-refractivity contribution in [1.82, 2.24) is 24.6 Å². The van der Waals surface area contributed by atoms with Gasteiger partial charge in [-0.2, -0.15) is 5.10 Å². The lowest BCUT2D eigenvalue weighted by molar-refractivity contribution is -0.119. The fourth-order valence-corrected chi connectivity index (χ4v) is 3.43. The fourth-order valence-electron chi connectivity index (χ4n) is 3.43. The van der Waals surface area contributed by atoms with Gasteiger partial charge in [-0.05, 0) is 17.7 Å². The Morgan fingerprint density at radius 3 is 2.85 bits per heavy atom. The molecule has 3 heterocycles. The van der Waals surface area contributed by atoms with Gasteiger partial charge in [0, 0.05) is 39.3 Å². The Hall–Kier alpha value is -2.45. The Balaban J connectivity index is 0.00000196. The summed E-state index contributed by atoms with van der Waals surface area (Å²) in [6, 6.07) is 4.77. The van der Waals surface area contributed by atoms with E-state index < -0.39 is 5.82 Å². The number of carbonyl (C=O) groups is 1. The highest BCUT2D eigenvalue weighted by Gasteiger charge is 2.35. The molecule has 1 saturated heterocycles. The molecule has 0 saturated carbocycles. The summed E-state index contributed by atoms with van der Waals surface area (Å²) in [6.07, 6.45) is 3.73. The summed E-state index contributed by atoms with van der Waals surface area (Å²) >= 11 is 0. The van der Waals surface area contributed by atoms with E-state index in [1.165, 1.54) is 6.07 Å². The van der Waals surface area contributed by atoms with Crippen LogP contribution in [0.5, 0.6) is 0 Å². The molecule has 4 rings (SSSR count). The Morgan fingerprint density at radius 1 is 1.35 bits per heavy atom. The number of carbonyl (C=O) groups excluding carboxylic acids is 1. The molecular weight excluding hydrogens is 359 g/mol. The van der Waals surface area contributed by atoms with Gasteiger partial charge < -0.3 is 9.88 Å². The monoisotopic (exact) mass is 378 g/mol. The molecule has 26 heavy (non-hydrogen) atoms. The number of aryl methyl sites for hydroxylation is 2. The van der Waals surface area contributed by atoms with Crippen LogP contribution >= 0.6 is 12.4 Å². The lowest BCUT2D eigenvalue weighted by Crippen LogP contribution is -2.29. The van der Waals surface area contributed by atoms with Gasteiger partial charge in [-0.3, -0.25) is 14.8 Å². The predicted octanol–water partition coefficient (Wildman–Crippen LogP) is 1.81. The fraction of sp³-hybridized carbons (Fsp3) is 0.353. The summed E-state index contributed by atoms with van der Waals surface area (Å²) in [5.41, 5.74) is 1.93. The second kappa shape index (κ2) is 7.05. The summed E-state index contributed by atoms with van der Waals surface area (Å²) in [5.74, 6) is -0.349. The van der Waals surface area contributed by atoms with Gasteiger partial charge in [-0.15, -0.1) is 12.4 Å². The van der Waals surface area contributed by atoms with Crippen molar-refractivity contribution in [2.24, 2.45) is 20.0 Å². The third-order valence-electron chi connectivity index (χ3n) is 4.80. The summed E-state index contributed by atoms with van der Waals surface area (Å²) in [4.78, 5) is 17.0. The molecule has 2 aromatic heterocycles. The summed E-state index contributed by atoms with van der Waals surface area (Å²) in [6.45, 7) is 1.31. The number of aromatic nitrogens is 4. The first-order chi connectivity index (χ1) is 12.0. The molecule has 3 aromatic rings. The third kappa shape index (κ3) is 3.06. The quantitative estimate of drug-likeness (QED) is 0.728. The first-order valence-corrected chi connectivity index (χ1v) is 8.15. The summed E-state index contributed by atoms with van der Waals surface area (Å²) in [5, 5.41) is 10.3. The molecule has 0 radical (unpaired) electrons. The Morgan fingerprint density at radius 2 is 2.15 bits per heavy atom. The summed E-state index contributed by atoms with van der Waals surface area (Å²) < 4.78 is 17.3. The summed E-state index contributed by atoms with van der Waals surface area (Å²) in [7, 11) is 3.62. The van der Waals surface area contributed by atoms with Crippen LogP contribution in [0, 0.1) is 11.7 Å². The highest BCUT2D eigenvalue weighted by Crippen LogP contribution is 2.29. The minimum atomic E-state index is -0.399. The molecule has 0 spiro atoms. The maximum absolute atomic E-state index is 13.9. The molecule has 138 valence electrons. The van der Waals surface area contributed by atoms with E-state index in [1.807, 2.05) is 13.2 Å². The molecule has 0 bridgehead atoms. The number of nitrogens with one attached hydrogen (secondary N) is 2. The second-order valence-electron chi connectivity index (χ2n) is 6.41. The average Bonchev–Trinajstić information content (AvgIpc) is 3.29. The normalized spacial score (nSPS) is 19.5. The first kappa shape index (κ1) is 18.3. The number of benzene rings is 1. The Bertz CT molecular complexity index is 952. The Kier molecular flexibility index (Phi) is 4.97. The number of amides is 1. The highest BCUT2D eigenvalue weighted by molar-refractivity contribution is 5.94. The zero-order valence-corrected chi connectivity index (χ0v) is 15.3. The van der Waals surface area contributed by atoms with Crippen LogP contribution in [0.1, 0.15) is 11.5 Å². The topological polar surface area (TPSA) is 76.8 Å². The van der Waals surface area contributed by atoms with Gasteiger partial charge in [0.2, 0.25) is 11.9 Å². The maximum Gasteiger partial charge on any atom is 0.231 e. The number of nitrogens with zero attached hydrogens (tertiary/aromatic N) is 4. The van der Waals surface area contributed by atoms with Crippen molar-refractivity contribution < 1.29 is 9.18 Å². The molecule has 1 amide bonds. The number of hydrogen-bond donors (Lipinski definition) is 2. The van der Waals surface area contributed by atoms with Crippen molar-refractivity contribution in [2.45, 2.75) is 5.92 Å². The van der Waals surface area contributed by atoms with Gasteiger partial charge >= 0.3 is 0 Å². The molecule has 7 nitrogen and oxygen atoms in total. The largest absolute Gasteiger partial charge is 0.315 e. The van der Waals surface area contributed by atoms with Crippen LogP contribution in [-0.2, 0) is 18.9 Å². The number of fused-ring (bicyclic) bond motifs is 1. The van der Waals surface area contributed by atoms with Crippen LogP contribution in [0.25, 0.3) is 11.0 Å². The molecule has 2 atom stereocenters. The van der Waals surface area contributed by atoms with Crippen LogP contribution < -0.4 is 10.6 Å². The van der Waals surface area contributed by atoms with E-state index in [0.29, 0.717) is 18.0 Å². The molecule has 1 fully saturated rings. The van der Waals surface area contributed by atoms with Crippen LogP contribution in [0.3, 0.4) is 0 Å². The molecule has 1 aliphatic heterocycles. The van der Waals surface area contributed by atoms with E-state index in [-0.39, 0.29) is 35.7 Å². The van der Waals surface area contributed by atoms with Crippen molar-refractivity contribution in [3.05, 3.63) is 42.0 Å². The number of halogens is 2. The van der Waals surface area contributed by atoms with Crippen molar-refractivity contribution in [3.63, 3.8) is 0 Å². The minimum Gasteiger partial charge on any atom is -0.315 e. The third-order valence-corrected chi connectivity index (χ3v) is 4.80. The zero-order valence-electron chi connectivity index (χ0n) is 14.4. The van der Waals surface area contributed by atoms with Gasteiger partial charge in [-0.25, -0.2) is 9.37 Å². The first-order valence-electron chi connectivity index (χ1n) is 8.15. The van der Waals surface area contributed by atoms with Crippen LogP contribution in [0.15, 0.2) is 30.6 Å². The molecule has 0 unspecified atom stereocenters. The SMILES string of the molecule is Cl.Cn1cc([C@H]2CNC[C@@H]2C(=O)Nc2nc3c(F)cccc3n2C)cn1. The zero-order chi connectivity index (χ0) is 17.6. The number of hydrogen-bond acceptors (Lipinski definition) is 4. The Labute approximate surface area is 156 Å². The standard InChI is InChI=1S/C17H19FN6O.ClH/c1-23-9-10(6-20-23)11-7-19-8-12(11)16(25)22-17-21-15-13(18)4-3-5-14(15)24(17)2;/h3-6,9,11-12,19H,7-8H2,1-2H3,(H,21,22,25);1H/t11-,12+;/m1./s1. The number of imidazole rings is 1. The van der Waals surface area contributed by atoms with Crippen molar-refractivity contribution in [3.8, 4) is 0 Å². The van der Waals surface area contributed by atoms with E-state index in [1.54, 1.807) is 34.6 Å². The van der Waals surface area contributed by atoms with Crippen molar-refractivity contribution in [1.29, 1.82) is 0 Å². The maximum atomic E-state index is 13.9. The number of anilines is 1. The van der Waals surface area contributed by atoms with Crippen LogP contribution in [0.4, 0.5) is 10.3 Å². The smallest absolute Gasteiger partial charge is 0.231 e. The molecule has 0 aliphatic carbocycles. The van der Waals surface area contributed by atoms with Crippen LogP contribution in [0.2, 0.25) is 0 Å². The molecule has 1 aromatic carbocycles. The van der Waals surface area contributed by atoms with Crippen molar-refractivity contribution >= 4 is 35.3 Å².